The maximum absolute atomic E-state index is 2.06. The maximum Gasteiger partial charge on any atom is 0.000557 e. The van der Waals surface area contributed by atoms with Crippen molar-refractivity contribution in [3.63, 3.8) is 0 Å². The standard InChI is InChI=1S/C6H6S2/c1-2-4-8-6-5-7-3-1/h1-6H. The van der Waals surface area contributed by atoms with Crippen LogP contribution in [0, 0.1) is 0 Å². The van der Waals surface area contributed by atoms with E-state index in [2.05, 4.69) is 10.8 Å². The summed E-state index contributed by atoms with van der Waals surface area (Å²) in [5.74, 6) is 0. The molecule has 0 saturated carbocycles. The summed E-state index contributed by atoms with van der Waals surface area (Å²) in [5, 5.41) is 8.22. The number of rotatable bonds is 0. The SMILES string of the molecule is c1ccsccsc1. The molecule has 0 spiro atoms. The molecule has 0 fully saturated rings. The minimum atomic E-state index is 1.70. The Morgan fingerprint density at radius 2 is 1.12 bits per heavy atom. The van der Waals surface area contributed by atoms with Crippen LogP contribution in [0.3, 0.4) is 0 Å². The molecule has 0 atom stereocenters. The van der Waals surface area contributed by atoms with E-state index in [4.69, 9.17) is 0 Å². The van der Waals surface area contributed by atoms with Crippen LogP contribution in [0.4, 0.5) is 0 Å². The highest BCUT2D eigenvalue weighted by Crippen LogP contribution is 1.94. The van der Waals surface area contributed by atoms with Crippen molar-refractivity contribution in [2.24, 2.45) is 0 Å². The van der Waals surface area contributed by atoms with Gasteiger partial charge in [0, 0.05) is 10.8 Å². The molecule has 1 aromatic heterocycles. The molecule has 0 aliphatic carbocycles. The average Bonchev–Trinajstić information content (AvgIpc) is 1.62. The summed E-state index contributed by atoms with van der Waals surface area (Å²) in [4.78, 5) is 0. The molecule has 0 radical (unpaired) electrons. The quantitative estimate of drug-likeness (QED) is 0.522. The molecule has 0 aromatic carbocycles. The first-order valence-electron chi connectivity index (χ1n) is 2.28. The van der Waals surface area contributed by atoms with Crippen LogP contribution in [-0.4, -0.2) is 0 Å². The molecule has 1 heterocycles. The van der Waals surface area contributed by atoms with Gasteiger partial charge in [-0.25, -0.2) is 0 Å². The first-order valence-corrected chi connectivity index (χ1v) is 4.16. The van der Waals surface area contributed by atoms with Crippen molar-refractivity contribution in [3.8, 4) is 0 Å². The topological polar surface area (TPSA) is 0 Å². The van der Waals surface area contributed by atoms with Crippen LogP contribution in [0.2, 0.25) is 0 Å². The van der Waals surface area contributed by atoms with Crippen molar-refractivity contribution in [1.29, 1.82) is 0 Å². The lowest BCUT2D eigenvalue weighted by Crippen LogP contribution is -1.38. The van der Waals surface area contributed by atoms with Crippen LogP contribution in [-0.2, 0) is 0 Å². The molecular weight excluding hydrogens is 136 g/mol. The zero-order valence-corrected chi connectivity index (χ0v) is 5.91. The molecule has 42 valence electrons. The molecule has 0 bridgehead atoms. The van der Waals surface area contributed by atoms with Gasteiger partial charge in [0.2, 0.25) is 0 Å². The molecule has 0 unspecified atom stereocenters. The van der Waals surface area contributed by atoms with Gasteiger partial charge in [-0.2, -0.15) is 22.7 Å². The zero-order valence-electron chi connectivity index (χ0n) is 4.28. The van der Waals surface area contributed by atoms with Crippen LogP contribution in [0.15, 0.2) is 33.7 Å². The van der Waals surface area contributed by atoms with Gasteiger partial charge in [0.1, 0.15) is 0 Å². The third-order valence-electron chi connectivity index (χ3n) is 0.638. The Bertz CT molecular complexity index is 111. The molecular formula is C6H6S2. The number of hydrogen-bond donors (Lipinski definition) is 0. The third kappa shape index (κ3) is 2.09. The first-order chi connectivity index (χ1) is 4.00. The normalized spacial score (nSPS) is 8.00. The molecule has 0 nitrogen and oxygen atoms in total. The average molecular weight is 142 g/mol. The Labute approximate surface area is 56.8 Å². The lowest BCUT2D eigenvalue weighted by molar-refractivity contribution is 1.97. The molecule has 0 aliphatic rings. The van der Waals surface area contributed by atoms with Gasteiger partial charge in [-0.05, 0) is 10.8 Å². The van der Waals surface area contributed by atoms with Crippen LogP contribution in [0.5, 0.6) is 0 Å². The van der Waals surface area contributed by atoms with Gasteiger partial charge in [0.15, 0.2) is 0 Å². The van der Waals surface area contributed by atoms with Crippen LogP contribution < -0.4 is 0 Å². The Hall–Kier alpha value is -0.340. The van der Waals surface area contributed by atoms with Crippen LogP contribution >= 0.6 is 22.7 Å². The molecule has 8 heavy (non-hydrogen) atoms. The minimum Gasteiger partial charge on any atom is -0.152 e. The Balaban J connectivity index is 3.00. The predicted molar refractivity (Wildman–Crippen MR) is 39.8 cm³/mol. The predicted octanol–water partition coefficient (Wildman–Crippen LogP) is 2.93. The van der Waals surface area contributed by atoms with Gasteiger partial charge in [-0.1, -0.05) is 12.1 Å². The molecule has 0 N–H and O–H groups in total. The van der Waals surface area contributed by atoms with Gasteiger partial charge in [-0.15, -0.1) is 0 Å². The van der Waals surface area contributed by atoms with Crippen molar-refractivity contribution in [2.75, 3.05) is 0 Å². The first kappa shape index (κ1) is 5.79. The second-order valence-electron chi connectivity index (χ2n) is 1.20. The van der Waals surface area contributed by atoms with E-state index in [1.54, 1.807) is 22.7 Å². The van der Waals surface area contributed by atoms with Gasteiger partial charge in [-0.3, -0.25) is 0 Å². The molecule has 0 amide bonds. The van der Waals surface area contributed by atoms with E-state index in [9.17, 15) is 0 Å². The summed E-state index contributed by atoms with van der Waals surface area (Å²) in [6, 6.07) is 4.06. The Morgan fingerprint density at radius 3 is 1.62 bits per heavy atom. The summed E-state index contributed by atoms with van der Waals surface area (Å²) < 4.78 is 0. The van der Waals surface area contributed by atoms with Crippen LogP contribution in [0.25, 0.3) is 0 Å². The van der Waals surface area contributed by atoms with Crippen molar-refractivity contribution in [2.45, 2.75) is 0 Å². The Kier molecular flexibility index (Phi) is 2.63. The molecule has 1 rings (SSSR count). The fraction of sp³-hybridized carbons (Fsp3) is 0. The van der Waals surface area contributed by atoms with Gasteiger partial charge >= 0.3 is 0 Å². The zero-order chi connectivity index (χ0) is 5.66. The van der Waals surface area contributed by atoms with E-state index in [0.717, 1.165) is 0 Å². The van der Waals surface area contributed by atoms with Gasteiger partial charge in [0.25, 0.3) is 0 Å². The summed E-state index contributed by atoms with van der Waals surface area (Å²) in [5.41, 5.74) is 0. The highest BCUT2D eigenvalue weighted by atomic mass is 32.1. The molecule has 1 aromatic rings. The van der Waals surface area contributed by atoms with Crippen molar-refractivity contribution >= 4 is 22.7 Å². The van der Waals surface area contributed by atoms with E-state index < -0.39 is 0 Å². The minimum absolute atomic E-state index is 1.70. The Morgan fingerprint density at radius 1 is 0.625 bits per heavy atom. The number of hydrogen-bond acceptors (Lipinski definition) is 2. The highest BCUT2D eigenvalue weighted by molar-refractivity contribution is 7.11. The van der Waals surface area contributed by atoms with Gasteiger partial charge < -0.3 is 0 Å². The molecule has 0 aliphatic heterocycles. The summed E-state index contributed by atoms with van der Waals surface area (Å²) in [6.07, 6.45) is 0. The monoisotopic (exact) mass is 142 g/mol. The van der Waals surface area contributed by atoms with E-state index in [1.165, 1.54) is 0 Å². The smallest absolute Gasteiger partial charge is 0.000557 e. The summed E-state index contributed by atoms with van der Waals surface area (Å²) in [6.45, 7) is 0. The van der Waals surface area contributed by atoms with Crippen molar-refractivity contribution in [3.05, 3.63) is 33.7 Å². The molecule has 0 saturated heterocycles. The van der Waals surface area contributed by atoms with Crippen molar-refractivity contribution < 1.29 is 0 Å². The van der Waals surface area contributed by atoms with Crippen LogP contribution in [0.1, 0.15) is 0 Å². The van der Waals surface area contributed by atoms with Gasteiger partial charge in [0.05, 0.1) is 0 Å². The van der Waals surface area contributed by atoms with E-state index in [1.807, 2.05) is 22.9 Å². The lowest BCUT2D eigenvalue weighted by Gasteiger charge is -1.69. The summed E-state index contributed by atoms with van der Waals surface area (Å²) >= 11 is 3.39. The second kappa shape index (κ2) is 3.64. The van der Waals surface area contributed by atoms with Crippen molar-refractivity contribution in [1.82, 2.24) is 0 Å². The highest BCUT2D eigenvalue weighted by Gasteiger charge is 1.59. The molecule has 2 heteroatoms. The maximum atomic E-state index is 2.06. The largest absolute Gasteiger partial charge is 0.152 e. The third-order valence-corrected chi connectivity index (χ3v) is 2.03. The van der Waals surface area contributed by atoms with E-state index >= 15 is 0 Å². The fourth-order valence-electron chi connectivity index (χ4n) is 0.336. The summed E-state index contributed by atoms with van der Waals surface area (Å²) in [7, 11) is 0. The van der Waals surface area contributed by atoms with E-state index in [0.29, 0.717) is 0 Å². The fourth-order valence-corrected chi connectivity index (χ4v) is 1.39. The second-order valence-corrected chi connectivity index (χ2v) is 2.83. The van der Waals surface area contributed by atoms with E-state index in [-0.39, 0.29) is 0 Å². The lowest BCUT2D eigenvalue weighted by atomic mass is 10.7.